The monoisotopic (exact) mass is 308 g/mol. The van der Waals surface area contributed by atoms with Gasteiger partial charge in [-0.3, -0.25) is 10.1 Å². The molecule has 1 saturated heterocycles. The number of amides is 1. The van der Waals surface area contributed by atoms with Crippen LogP contribution in [0.2, 0.25) is 0 Å². The van der Waals surface area contributed by atoms with E-state index in [1.807, 2.05) is 0 Å². The molecule has 3 unspecified atom stereocenters. The molecule has 0 spiro atoms. The zero-order valence-corrected chi connectivity index (χ0v) is 14.9. The molecule has 1 aliphatic rings. The van der Waals surface area contributed by atoms with Crippen LogP contribution in [-0.4, -0.2) is 22.9 Å². The van der Waals surface area contributed by atoms with Gasteiger partial charge >= 0.3 is 0 Å². The maximum absolute atomic E-state index is 12.8. The van der Waals surface area contributed by atoms with E-state index in [0.29, 0.717) is 0 Å². The van der Waals surface area contributed by atoms with Gasteiger partial charge in [-0.25, -0.2) is 0 Å². The van der Waals surface area contributed by atoms with Crippen LogP contribution in [0.5, 0.6) is 0 Å². The third-order valence-corrected chi connectivity index (χ3v) is 5.52. The van der Waals surface area contributed by atoms with Gasteiger partial charge in [0.1, 0.15) is 6.17 Å². The van der Waals surface area contributed by atoms with Gasteiger partial charge in [-0.05, 0) is 37.8 Å². The lowest BCUT2D eigenvalue weighted by molar-refractivity contribution is -0.134. The predicted molar refractivity (Wildman–Crippen MR) is 89.4 cm³/mol. The highest BCUT2D eigenvalue weighted by atomic mass is 32.1. The normalized spacial score (nSPS) is 24.7. The van der Waals surface area contributed by atoms with E-state index in [0.717, 1.165) is 12.8 Å². The summed E-state index contributed by atoms with van der Waals surface area (Å²) in [5, 5.41) is 3.56. The van der Waals surface area contributed by atoms with Crippen molar-refractivity contribution in [2.24, 2.45) is 5.41 Å². The van der Waals surface area contributed by atoms with Crippen LogP contribution >= 0.6 is 11.3 Å². The van der Waals surface area contributed by atoms with Crippen LogP contribution in [0, 0.1) is 12.3 Å². The third-order valence-electron chi connectivity index (χ3n) is 4.47. The van der Waals surface area contributed by atoms with E-state index in [-0.39, 0.29) is 29.6 Å². The van der Waals surface area contributed by atoms with Crippen LogP contribution in [0.3, 0.4) is 0 Å². The molecule has 21 heavy (non-hydrogen) atoms. The molecular weight excluding hydrogens is 280 g/mol. The van der Waals surface area contributed by atoms with Crippen LogP contribution in [-0.2, 0) is 4.79 Å². The topological polar surface area (TPSA) is 32.3 Å². The summed E-state index contributed by atoms with van der Waals surface area (Å²) < 4.78 is 0. The first-order chi connectivity index (χ1) is 9.75. The molecule has 2 rings (SSSR count). The van der Waals surface area contributed by atoms with Gasteiger partial charge in [0.05, 0.1) is 6.04 Å². The van der Waals surface area contributed by atoms with Gasteiger partial charge in [-0.2, -0.15) is 0 Å². The minimum atomic E-state index is -0.0350. The molecule has 0 radical (unpaired) electrons. The first kappa shape index (κ1) is 16.5. The smallest absolute Gasteiger partial charge is 0.241 e. The number of thiophene rings is 1. The van der Waals surface area contributed by atoms with Gasteiger partial charge < -0.3 is 4.90 Å². The minimum Gasteiger partial charge on any atom is -0.317 e. The van der Waals surface area contributed by atoms with Crippen molar-refractivity contribution in [3.05, 3.63) is 21.9 Å². The van der Waals surface area contributed by atoms with Crippen molar-refractivity contribution in [2.75, 3.05) is 0 Å². The summed E-state index contributed by atoms with van der Waals surface area (Å²) in [5.41, 5.74) is 0.0724. The number of nitrogens with one attached hydrogen (secondary N) is 1. The number of hydrogen-bond acceptors (Lipinski definition) is 3. The Kier molecular flexibility index (Phi) is 4.79. The fourth-order valence-corrected chi connectivity index (χ4v) is 3.73. The van der Waals surface area contributed by atoms with Crippen LogP contribution in [0.15, 0.2) is 12.1 Å². The van der Waals surface area contributed by atoms with E-state index in [1.165, 1.54) is 9.75 Å². The summed E-state index contributed by atoms with van der Waals surface area (Å²) in [5.74, 6) is 0.260. The second kappa shape index (κ2) is 6.09. The van der Waals surface area contributed by atoms with E-state index in [2.05, 4.69) is 63.9 Å². The molecule has 1 aromatic rings. The van der Waals surface area contributed by atoms with Crippen LogP contribution in [0.4, 0.5) is 0 Å². The molecule has 1 N–H and O–H groups in total. The van der Waals surface area contributed by atoms with Gasteiger partial charge in [0.2, 0.25) is 5.91 Å². The van der Waals surface area contributed by atoms with Crippen molar-refractivity contribution >= 4 is 17.2 Å². The van der Waals surface area contributed by atoms with Crippen molar-refractivity contribution in [2.45, 2.75) is 72.6 Å². The molecule has 2 heterocycles. The Bertz CT molecular complexity index is 503. The molecule has 0 aliphatic carbocycles. The number of aryl methyl sites for hydroxylation is 1. The lowest BCUT2D eigenvalue weighted by Crippen LogP contribution is -2.45. The summed E-state index contributed by atoms with van der Waals surface area (Å²) in [6, 6.07) is 4.46. The zero-order chi connectivity index (χ0) is 15.8. The summed E-state index contributed by atoms with van der Waals surface area (Å²) >= 11 is 1.78. The Morgan fingerprint density at radius 3 is 2.52 bits per heavy atom. The van der Waals surface area contributed by atoms with Gasteiger partial charge in [0.25, 0.3) is 0 Å². The summed E-state index contributed by atoms with van der Waals surface area (Å²) in [6.45, 7) is 13.0. The zero-order valence-electron chi connectivity index (χ0n) is 14.1. The molecule has 4 heteroatoms. The number of carbonyl (C=O) groups excluding carboxylic acids is 1. The molecule has 1 aromatic heterocycles. The Morgan fingerprint density at radius 2 is 2.05 bits per heavy atom. The molecule has 0 aromatic carbocycles. The van der Waals surface area contributed by atoms with Crippen molar-refractivity contribution in [1.29, 1.82) is 0 Å². The average molecular weight is 308 g/mol. The third kappa shape index (κ3) is 3.32. The van der Waals surface area contributed by atoms with Crippen LogP contribution < -0.4 is 5.32 Å². The molecular formula is C17H28N2OS. The Labute approximate surface area is 132 Å². The second-order valence-electron chi connectivity index (χ2n) is 7.15. The molecule has 3 nitrogen and oxygen atoms in total. The maximum Gasteiger partial charge on any atom is 0.241 e. The van der Waals surface area contributed by atoms with E-state index < -0.39 is 0 Å². The fourth-order valence-electron chi connectivity index (χ4n) is 2.80. The number of nitrogens with zero attached hydrogens (tertiary/aromatic N) is 1. The molecule has 118 valence electrons. The lowest BCUT2D eigenvalue weighted by Gasteiger charge is -2.38. The second-order valence-corrected chi connectivity index (χ2v) is 8.47. The molecule has 0 bridgehead atoms. The SMILES string of the molecule is CCCC1NC(c2ccc(C)s2)N(C(C)C(C)(C)C)C1=O. The van der Waals surface area contributed by atoms with Gasteiger partial charge in [0.15, 0.2) is 0 Å². The largest absolute Gasteiger partial charge is 0.317 e. The highest BCUT2D eigenvalue weighted by Crippen LogP contribution is 2.37. The van der Waals surface area contributed by atoms with Crippen LogP contribution in [0.1, 0.15) is 63.4 Å². The van der Waals surface area contributed by atoms with Crippen molar-refractivity contribution < 1.29 is 4.79 Å². The molecule has 1 amide bonds. The quantitative estimate of drug-likeness (QED) is 0.908. The van der Waals surface area contributed by atoms with Gasteiger partial charge in [-0.15, -0.1) is 11.3 Å². The predicted octanol–water partition coefficient (Wildman–Crippen LogP) is 4.09. The number of hydrogen-bond donors (Lipinski definition) is 1. The Morgan fingerprint density at radius 1 is 1.38 bits per heavy atom. The molecule has 0 saturated carbocycles. The van der Waals surface area contributed by atoms with Crippen LogP contribution in [0.25, 0.3) is 0 Å². The first-order valence-electron chi connectivity index (χ1n) is 7.90. The highest BCUT2D eigenvalue weighted by Gasteiger charge is 2.44. The van der Waals surface area contributed by atoms with Crippen molar-refractivity contribution in [3.63, 3.8) is 0 Å². The van der Waals surface area contributed by atoms with Crippen molar-refractivity contribution in [3.8, 4) is 0 Å². The van der Waals surface area contributed by atoms with Gasteiger partial charge in [0, 0.05) is 15.8 Å². The summed E-state index contributed by atoms with van der Waals surface area (Å²) in [4.78, 5) is 17.5. The Balaban J connectivity index is 2.33. The molecule has 1 aliphatic heterocycles. The number of rotatable bonds is 4. The van der Waals surface area contributed by atoms with E-state index in [4.69, 9.17) is 0 Å². The summed E-state index contributed by atoms with van der Waals surface area (Å²) in [6.07, 6.45) is 1.96. The first-order valence-corrected chi connectivity index (χ1v) is 8.72. The maximum atomic E-state index is 12.8. The molecule has 1 fully saturated rings. The lowest BCUT2D eigenvalue weighted by atomic mass is 9.86. The highest BCUT2D eigenvalue weighted by molar-refractivity contribution is 7.12. The summed E-state index contributed by atoms with van der Waals surface area (Å²) in [7, 11) is 0. The Hall–Kier alpha value is -0.870. The van der Waals surface area contributed by atoms with E-state index >= 15 is 0 Å². The fraction of sp³-hybridized carbons (Fsp3) is 0.706. The number of carbonyl (C=O) groups is 1. The minimum absolute atomic E-state index is 0.0296. The average Bonchev–Trinajstić information content (AvgIpc) is 2.93. The standard InChI is InChI=1S/C17H28N2OS/c1-7-8-13-16(20)19(12(3)17(4,5)6)15(18-13)14-10-9-11(2)21-14/h9-10,12-13,15,18H,7-8H2,1-6H3. The van der Waals surface area contributed by atoms with E-state index in [1.54, 1.807) is 11.3 Å². The van der Waals surface area contributed by atoms with Gasteiger partial charge in [-0.1, -0.05) is 34.1 Å². The van der Waals surface area contributed by atoms with Crippen molar-refractivity contribution in [1.82, 2.24) is 10.2 Å². The van der Waals surface area contributed by atoms with E-state index in [9.17, 15) is 4.79 Å². The molecule has 3 atom stereocenters.